The normalized spacial score (nSPS) is 31.5. The summed E-state index contributed by atoms with van der Waals surface area (Å²) in [5.41, 5.74) is 1.63. The van der Waals surface area contributed by atoms with Crippen LogP contribution in [0.5, 0.6) is 0 Å². The van der Waals surface area contributed by atoms with Crippen LogP contribution in [0, 0.1) is 23.2 Å². The van der Waals surface area contributed by atoms with Gasteiger partial charge >= 0.3 is 0 Å². The predicted molar refractivity (Wildman–Crippen MR) is 145 cm³/mol. The summed E-state index contributed by atoms with van der Waals surface area (Å²) in [7, 11) is 0. The molecule has 1 unspecified atom stereocenters. The third-order valence-corrected chi connectivity index (χ3v) is 10.9. The van der Waals surface area contributed by atoms with Crippen molar-refractivity contribution in [1.82, 2.24) is 15.5 Å². The van der Waals surface area contributed by atoms with Gasteiger partial charge in [0.2, 0.25) is 17.7 Å². The smallest absolute Gasteiger partial charge is 0.255 e. The summed E-state index contributed by atoms with van der Waals surface area (Å²) in [6, 6.07) is 5.24. The number of thioether (sulfide) groups is 1. The van der Waals surface area contributed by atoms with Gasteiger partial charge < -0.3 is 10.2 Å². The third-order valence-electron chi connectivity index (χ3n) is 9.67. The molecule has 6 aliphatic rings. The van der Waals surface area contributed by atoms with E-state index in [-0.39, 0.29) is 29.6 Å². The van der Waals surface area contributed by atoms with E-state index in [1.54, 1.807) is 16.7 Å². The molecule has 38 heavy (non-hydrogen) atoms. The molecule has 8 heteroatoms. The minimum absolute atomic E-state index is 0.0451. The number of piperidine rings is 1. The number of unbranched alkanes of at least 4 members (excludes halogenated alkanes) is 3. The summed E-state index contributed by atoms with van der Waals surface area (Å²) in [5, 5.41) is 5.66. The van der Waals surface area contributed by atoms with Gasteiger partial charge in [0.1, 0.15) is 6.04 Å². The van der Waals surface area contributed by atoms with E-state index in [4.69, 9.17) is 0 Å². The monoisotopic (exact) mass is 537 g/mol. The lowest BCUT2D eigenvalue weighted by molar-refractivity contribution is -0.146. The fourth-order valence-electron chi connectivity index (χ4n) is 8.23. The Balaban J connectivity index is 0.912. The molecule has 204 valence electrons. The number of hydrogen-bond acceptors (Lipinski definition) is 5. The van der Waals surface area contributed by atoms with E-state index >= 15 is 0 Å². The minimum atomic E-state index is -0.575. The number of benzene rings is 1. The van der Waals surface area contributed by atoms with Crippen molar-refractivity contribution in [3.05, 3.63) is 29.3 Å². The second kappa shape index (κ2) is 10.7. The van der Waals surface area contributed by atoms with Crippen LogP contribution in [0.3, 0.4) is 0 Å². The lowest BCUT2D eigenvalue weighted by Gasteiger charge is -2.55. The SMILES string of the molecule is O=C1CCC(N2Cc3c(SCCCCCCNC(=O)C45CC6CC(CC(C6)C4)C5)cccc3C2=O)C(=O)N1. The molecule has 1 aromatic rings. The zero-order valence-corrected chi connectivity index (χ0v) is 23.0. The summed E-state index contributed by atoms with van der Waals surface area (Å²) < 4.78 is 0. The van der Waals surface area contributed by atoms with Gasteiger partial charge in [0.25, 0.3) is 5.91 Å². The van der Waals surface area contributed by atoms with Crippen LogP contribution in [0.4, 0.5) is 0 Å². The van der Waals surface area contributed by atoms with E-state index in [9.17, 15) is 19.2 Å². The summed E-state index contributed by atoms with van der Waals surface area (Å²) in [4.78, 5) is 52.6. The standard InChI is InChI=1S/C30H39N3O4S/c34-26-9-8-24(27(35)32-26)33-18-23-22(28(33)36)6-5-7-25(23)38-11-4-2-1-3-10-31-29(37)30-15-19-12-20(16-30)14-21(13-19)17-30/h5-7,19-21,24H,1-4,8-18H2,(H,31,37)(H,32,34,35). The van der Waals surface area contributed by atoms with Crippen LogP contribution in [0.2, 0.25) is 0 Å². The zero-order chi connectivity index (χ0) is 26.3. The van der Waals surface area contributed by atoms with E-state index in [2.05, 4.69) is 16.7 Å². The summed E-state index contributed by atoms with van der Waals surface area (Å²) in [6.07, 6.45) is 12.5. The van der Waals surface area contributed by atoms with Gasteiger partial charge in [-0.05, 0) is 99.0 Å². The molecular weight excluding hydrogens is 498 g/mol. The highest BCUT2D eigenvalue weighted by atomic mass is 32.2. The molecule has 7 rings (SSSR count). The quantitative estimate of drug-likeness (QED) is 0.262. The van der Waals surface area contributed by atoms with Crippen LogP contribution in [-0.2, 0) is 20.9 Å². The lowest BCUT2D eigenvalue weighted by Crippen LogP contribution is -2.53. The average molecular weight is 538 g/mol. The molecule has 0 radical (unpaired) electrons. The largest absolute Gasteiger partial charge is 0.356 e. The molecule has 1 aromatic carbocycles. The van der Waals surface area contributed by atoms with Crippen molar-refractivity contribution in [3.8, 4) is 0 Å². The van der Waals surface area contributed by atoms with Crippen molar-refractivity contribution in [2.24, 2.45) is 23.2 Å². The highest BCUT2D eigenvalue weighted by Crippen LogP contribution is 2.60. The molecule has 4 saturated carbocycles. The van der Waals surface area contributed by atoms with Crippen molar-refractivity contribution in [2.45, 2.75) is 94.5 Å². The molecule has 5 fully saturated rings. The maximum Gasteiger partial charge on any atom is 0.255 e. The highest BCUT2D eigenvalue weighted by molar-refractivity contribution is 7.99. The molecule has 4 bridgehead atoms. The summed E-state index contributed by atoms with van der Waals surface area (Å²) >= 11 is 1.78. The Labute approximate surface area is 229 Å². The Bertz CT molecular complexity index is 1100. The van der Waals surface area contributed by atoms with Crippen LogP contribution >= 0.6 is 11.8 Å². The van der Waals surface area contributed by atoms with Gasteiger partial charge in [0.15, 0.2) is 0 Å². The average Bonchev–Trinajstić information content (AvgIpc) is 3.21. The van der Waals surface area contributed by atoms with Gasteiger partial charge in [-0.15, -0.1) is 11.8 Å². The van der Waals surface area contributed by atoms with Crippen molar-refractivity contribution in [1.29, 1.82) is 0 Å². The van der Waals surface area contributed by atoms with Crippen LogP contribution in [0.25, 0.3) is 0 Å². The first-order chi connectivity index (χ1) is 18.4. The molecule has 4 aliphatic carbocycles. The Morgan fingerprint density at radius 1 is 1.00 bits per heavy atom. The number of fused-ring (bicyclic) bond motifs is 1. The van der Waals surface area contributed by atoms with Gasteiger partial charge in [-0.1, -0.05) is 18.9 Å². The second-order valence-electron chi connectivity index (χ2n) is 12.4. The number of amides is 4. The summed E-state index contributed by atoms with van der Waals surface area (Å²) in [5.74, 6) is 2.96. The molecule has 2 aliphatic heterocycles. The van der Waals surface area contributed by atoms with Gasteiger partial charge in [-0.3, -0.25) is 24.5 Å². The number of rotatable bonds is 10. The van der Waals surface area contributed by atoms with Gasteiger partial charge in [-0.25, -0.2) is 0 Å². The van der Waals surface area contributed by atoms with Gasteiger partial charge in [0.05, 0.1) is 0 Å². The number of nitrogens with zero attached hydrogens (tertiary/aromatic N) is 1. The maximum atomic E-state index is 13.1. The Kier molecular flexibility index (Phi) is 7.27. The molecule has 4 amide bonds. The molecule has 1 atom stereocenters. The van der Waals surface area contributed by atoms with Crippen molar-refractivity contribution in [2.75, 3.05) is 12.3 Å². The Morgan fingerprint density at radius 3 is 2.42 bits per heavy atom. The van der Waals surface area contributed by atoms with E-state index in [0.29, 0.717) is 24.4 Å². The number of carbonyl (C=O) groups is 4. The lowest BCUT2D eigenvalue weighted by atomic mass is 9.49. The van der Waals surface area contributed by atoms with Crippen LogP contribution < -0.4 is 10.6 Å². The van der Waals surface area contributed by atoms with E-state index < -0.39 is 6.04 Å². The maximum absolute atomic E-state index is 13.1. The molecule has 7 nitrogen and oxygen atoms in total. The molecule has 2 heterocycles. The van der Waals surface area contributed by atoms with Gasteiger partial charge in [0, 0.05) is 35.4 Å². The van der Waals surface area contributed by atoms with Crippen molar-refractivity contribution < 1.29 is 19.2 Å². The first-order valence-electron chi connectivity index (χ1n) is 14.6. The number of carbonyl (C=O) groups excluding carboxylic acids is 4. The van der Waals surface area contributed by atoms with Crippen molar-refractivity contribution in [3.63, 3.8) is 0 Å². The highest BCUT2D eigenvalue weighted by Gasteiger charge is 2.54. The topological polar surface area (TPSA) is 95.6 Å². The number of imide groups is 1. The minimum Gasteiger partial charge on any atom is -0.356 e. The number of hydrogen-bond donors (Lipinski definition) is 2. The fourth-order valence-corrected chi connectivity index (χ4v) is 9.33. The molecular formula is C30H39N3O4S. The van der Waals surface area contributed by atoms with Crippen LogP contribution in [0.1, 0.15) is 93.0 Å². The van der Waals surface area contributed by atoms with Crippen LogP contribution in [0.15, 0.2) is 23.1 Å². The Hall–Kier alpha value is -2.35. The molecule has 0 aromatic heterocycles. The fraction of sp³-hybridized carbons (Fsp3) is 0.667. The predicted octanol–water partition coefficient (Wildman–Crippen LogP) is 4.43. The van der Waals surface area contributed by atoms with E-state index in [0.717, 1.165) is 85.5 Å². The van der Waals surface area contributed by atoms with E-state index in [1.807, 2.05) is 12.1 Å². The summed E-state index contributed by atoms with van der Waals surface area (Å²) in [6.45, 7) is 1.21. The third kappa shape index (κ3) is 5.01. The van der Waals surface area contributed by atoms with Crippen LogP contribution in [-0.4, -0.2) is 46.9 Å². The molecule has 1 saturated heterocycles. The second-order valence-corrected chi connectivity index (χ2v) is 13.5. The molecule has 0 spiro atoms. The first kappa shape index (κ1) is 25.9. The number of nitrogens with one attached hydrogen (secondary N) is 2. The molecule has 2 N–H and O–H groups in total. The van der Waals surface area contributed by atoms with Gasteiger partial charge in [-0.2, -0.15) is 0 Å². The Morgan fingerprint density at radius 2 is 1.71 bits per heavy atom. The van der Waals surface area contributed by atoms with E-state index in [1.165, 1.54) is 19.3 Å². The van der Waals surface area contributed by atoms with Crippen molar-refractivity contribution >= 4 is 35.4 Å². The first-order valence-corrected chi connectivity index (χ1v) is 15.6. The zero-order valence-electron chi connectivity index (χ0n) is 22.1.